The highest BCUT2D eigenvalue weighted by Crippen LogP contribution is 2.38. The van der Waals surface area contributed by atoms with Gasteiger partial charge in [-0.15, -0.1) is 0 Å². The first-order valence-electron chi connectivity index (χ1n) is 11.8. The van der Waals surface area contributed by atoms with Gasteiger partial charge in [-0.1, -0.05) is 70.6 Å². The molecule has 1 aromatic rings. The normalized spacial score (nSPS) is 22.3. The molecule has 0 aliphatic heterocycles. The van der Waals surface area contributed by atoms with Crippen molar-refractivity contribution >= 4 is 9.84 Å². The van der Waals surface area contributed by atoms with Gasteiger partial charge in [-0.2, -0.15) is 4.98 Å². The summed E-state index contributed by atoms with van der Waals surface area (Å²) in [5.41, 5.74) is -1.24. The number of hydrogen-bond donors (Lipinski definition) is 1. The van der Waals surface area contributed by atoms with Crippen LogP contribution >= 0.6 is 0 Å². The van der Waals surface area contributed by atoms with Gasteiger partial charge in [-0.3, -0.25) is 9.36 Å². The number of rotatable bonds is 3. The molecule has 0 saturated heterocycles. The molecule has 0 amide bonds. The van der Waals surface area contributed by atoms with Crippen LogP contribution in [0.25, 0.3) is 0 Å². The average molecular weight is 439 g/mol. The van der Waals surface area contributed by atoms with Crippen molar-refractivity contribution in [2.45, 2.75) is 126 Å². The Hall–Kier alpha value is -1.37. The van der Waals surface area contributed by atoms with Crippen molar-refractivity contribution in [3.63, 3.8) is 0 Å². The topological polar surface area (TPSA) is 89.3 Å². The quantitative estimate of drug-likeness (QED) is 0.718. The van der Waals surface area contributed by atoms with Gasteiger partial charge < -0.3 is 5.11 Å². The maximum Gasteiger partial charge on any atom is 0.295 e. The van der Waals surface area contributed by atoms with Gasteiger partial charge in [-0.25, -0.2) is 8.42 Å². The second kappa shape index (κ2) is 9.84. The molecule has 3 rings (SSSR count). The van der Waals surface area contributed by atoms with Crippen molar-refractivity contribution in [2.75, 3.05) is 0 Å². The van der Waals surface area contributed by atoms with Crippen molar-refractivity contribution in [1.29, 1.82) is 0 Å². The molecule has 170 valence electrons. The van der Waals surface area contributed by atoms with E-state index < -0.39 is 37.0 Å². The van der Waals surface area contributed by atoms with Gasteiger partial charge in [0.1, 0.15) is 5.82 Å². The summed E-state index contributed by atoms with van der Waals surface area (Å²) in [5, 5.41) is 10.6. The van der Waals surface area contributed by atoms with Crippen LogP contribution in [0.2, 0.25) is 0 Å². The predicted octanol–water partition coefficient (Wildman–Crippen LogP) is 4.99. The van der Waals surface area contributed by atoms with Crippen LogP contribution in [0.5, 0.6) is 5.88 Å². The first kappa shape index (κ1) is 23.3. The number of sulfone groups is 1. The summed E-state index contributed by atoms with van der Waals surface area (Å²) < 4.78 is 28.8. The Labute approximate surface area is 181 Å². The van der Waals surface area contributed by atoms with Crippen molar-refractivity contribution in [2.24, 2.45) is 0 Å². The highest BCUT2D eigenvalue weighted by Gasteiger charge is 2.38. The Kier molecular flexibility index (Phi) is 7.64. The van der Waals surface area contributed by atoms with Crippen molar-refractivity contribution in [1.82, 2.24) is 9.55 Å². The van der Waals surface area contributed by atoms with Crippen LogP contribution in [-0.4, -0.2) is 28.3 Å². The predicted molar refractivity (Wildman–Crippen MR) is 119 cm³/mol. The summed E-state index contributed by atoms with van der Waals surface area (Å²) in [5.74, 6) is 0.00411. The van der Waals surface area contributed by atoms with Gasteiger partial charge in [0.15, 0.2) is 14.7 Å². The summed E-state index contributed by atoms with van der Waals surface area (Å²) in [4.78, 5) is 16.4. The third-order valence-corrected chi connectivity index (χ3v) is 9.47. The standard InChI is InChI=1S/C23H38N2O4S/c1-18-24-21(26)20(30(28,29)19-14-10-6-3-4-7-11-15-19)22(27)25(18)23(2)16-12-8-5-9-13-17-23/h19,27H,3-17H2,1-2H3. The molecule has 2 aliphatic rings. The van der Waals surface area contributed by atoms with E-state index in [1.165, 1.54) is 6.42 Å². The minimum atomic E-state index is -3.95. The Bertz CT molecular complexity index is 873. The Morgan fingerprint density at radius 2 is 1.37 bits per heavy atom. The van der Waals surface area contributed by atoms with E-state index >= 15 is 0 Å². The van der Waals surface area contributed by atoms with Gasteiger partial charge in [0.2, 0.25) is 5.88 Å². The molecule has 1 N–H and O–H groups in total. The SMILES string of the molecule is Cc1nc(=O)c(S(=O)(=O)C2CCCCCCCC2)c(O)n1C1(C)CCCCCCC1. The van der Waals surface area contributed by atoms with E-state index in [4.69, 9.17) is 0 Å². The van der Waals surface area contributed by atoms with Crippen molar-refractivity contribution < 1.29 is 13.5 Å². The van der Waals surface area contributed by atoms with E-state index in [0.29, 0.717) is 18.7 Å². The largest absolute Gasteiger partial charge is 0.493 e. The molecule has 7 heteroatoms. The van der Waals surface area contributed by atoms with E-state index in [-0.39, 0.29) is 0 Å². The minimum Gasteiger partial charge on any atom is -0.493 e. The molecule has 30 heavy (non-hydrogen) atoms. The molecule has 0 bridgehead atoms. The van der Waals surface area contributed by atoms with Crippen LogP contribution in [0.4, 0.5) is 0 Å². The Balaban J connectivity index is 2.06. The lowest BCUT2D eigenvalue weighted by molar-refractivity contribution is 0.202. The van der Waals surface area contributed by atoms with Crippen LogP contribution in [0.3, 0.4) is 0 Å². The van der Waals surface area contributed by atoms with Gasteiger partial charge in [-0.05, 0) is 39.5 Å². The summed E-state index contributed by atoms with van der Waals surface area (Å²) in [7, 11) is -3.95. The molecule has 6 nitrogen and oxygen atoms in total. The van der Waals surface area contributed by atoms with E-state index in [2.05, 4.69) is 11.9 Å². The van der Waals surface area contributed by atoms with Crippen LogP contribution in [0, 0.1) is 6.92 Å². The van der Waals surface area contributed by atoms with Crippen molar-refractivity contribution in [3.8, 4) is 5.88 Å². The monoisotopic (exact) mass is 438 g/mol. The fourth-order valence-electron chi connectivity index (χ4n) is 5.46. The zero-order valence-electron chi connectivity index (χ0n) is 18.7. The lowest BCUT2D eigenvalue weighted by atomic mass is 9.85. The summed E-state index contributed by atoms with van der Waals surface area (Å²) >= 11 is 0. The average Bonchev–Trinajstić information content (AvgIpc) is 2.78. The Morgan fingerprint density at radius 3 is 1.90 bits per heavy atom. The fourth-order valence-corrected chi connectivity index (χ4v) is 7.38. The molecule has 1 heterocycles. The second-order valence-corrected chi connectivity index (χ2v) is 11.7. The van der Waals surface area contributed by atoms with Crippen LogP contribution in [0.15, 0.2) is 9.69 Å². The van der Waals surface area contributed by atoms with Gasteiger partial charge in [0.25, 0.3) is 5.56 Å². The maximum absolute atomic E-state index is 13.6. The Morgan fingerprint density at radius 1 is 0.900 bits per heavy atom. The molecule has 1 aromatic heterocycles. The van der Waals surface area contributed by atoms with Gasteiger partial charge in [0, 0.05) is 5.54 Å². The van der Waals surface area contributed by atoms with Crippen LogP contribution in [-0.2, 0) is 15.4 Å². The number of nitrogens with zero attached hydrogens (tertiary/aromatic N) is 2. The molecule has 0 unspecified atom stereocenters. The fraction of sp³-hybridized carbons (Fsp3) is 0.826. The number of aromatic hydroxyl groups is 1. The van der Waals surface area contributed by atoms with E-state index in [9.17, 15) is 18.3 Å². The first-order chi connectivity index (χ1) is 14.3. The summed E-state index contributed by atoms with van der Waals surface area (Å²) in [6.07, 6.45) is 14.3. The molecule has 0 atom stereocenters. The van der Waals surface area contributed by atoms with Crippen molar-refractivity contribution in [3.05, 3.63) is 16.2 Å². The number of aromatic nitrogens is 2. The third-order valence-electron chi connectivity index (χ3n) is 7.19. The summed E-state index contributed by atoms with van der Waals surface area (Å²) in [6.45, 7) is 3.76. The van der Waals surface area contributed by atoms with Gasteiger partial charge in [0.05, 0.1) is 5.25 Å². The lowest BCUT2D eigenvalue weighted by Gasteiger charge is -2.36. The lowest BCUT2D eigenvalue weighted by Crippen LogP contribution is -2.37. The summed E-state index contributed by atoms with van der Waals surface area (Å²) in [6, 6.07) is 0. The van der Waals surface area contributed by atoms with Crippen LogP contribution in [0.1, 0.15) is 109 Å². The zero-order chi connectivity index (χ0) is 21.8. The van der Waals surface area contributed by atoms with Crippen LogP contribution < -0.4 is 5.56 Å². The smallest absolute Gasteiger partial charge is 0.295 e. The molecule has 2 saturated carbocycles. The molecule has 0 radical (unpaired) electrons. The molecular formula is C23H38N2O4S. The molecule has 0 spiro atoms. The zero-order valence-corrected chi connectivity index (χ0v) is 19.5. The van der Waals surface area contributed by atoms with E-state index in [1.807, 2.05) is 0 Å². The first-order valence-corrected chi connectivity index (χ1v) is 13.4. The van der Waals surface area contributed by atoms with Gasteiger partial charge >= 0.3 is 0 Å². The van der Waals surface area contributed by atoms with E-state index in [0.717, 1.165) is 77.0 Å². The minimum absolute atomic E-state index is 0.393. The highest BCUT2D eigenvalue weighted by molar-refractivity contribution is 7.92. The third kappa shape index (κ3) is 4.92. The molecular weight excluding hydrogens is 400 g/mol. The molecule has 2 fully saturated rings. The number of hydrogen-bond acceptors (Lipinski definition) is 5. The second-order valence-electron chi connectivity index (χ2n) is 9.58. The molecule has 2 aliphatic carbocycles. The maximum atomic E-state index is 13.6. The van der Waals surface area contributed by atoms with E-state index in [1.54, 1.807) is 11.5 Å². The highest BCUT2D eigenvalue weighted by atomic mass is 32.2. The molecule has 0 aromatic carbocycles. The number of aryl methyl sites for hydroxylation is 1.